The van der Waals surface area contributed by atoms with Crippen LogP contribution in [0.25, 0.3) is 0 Å². The smallest absolute Gasteiger partial charge is 0.184 e. The number of hydrogen-bond donors (Lipinski definition) is 0. The zero-order valence-corrected chi connectivity index (χ0v) is 9.90. The highest BCUT2D eigenvalue weighted by Crippen LogP contribution is 2.22. The van der Waals surface area contributed by atoms with Crippen molar-refractivity contribution in [1.82, 2.24) is 9.78 Å². The zero-order chi connectivity index (χ0) is 11.8. The molecule has 1 aliphatic heterocycles. The van der Waals surface area contributed by atoms with E-state index in [0.29, 0.717) is 18.4 Å². The standard InChI is InChI=1S/C10H14N2O3S/c1-12-7-8(6-11-12)10(13)9-4-2-3-5-16(9,14)15/h6-7,9H,2-5H2,1H3. The lowest BCUT2D eigenvalue weighted by atomic mass is 10.1. The van der Waals surface area contributed by atoms with Gasteiger partial charge in [-0.1, -0.05) is 6.42 Å². The lowest BCUT2D eigenvalue weighted by Gasteiger charge is -2.20. The largest absolute Gasteiger partial charge is 0.293 e. The summed E-state index contributed by atoms with van der Waals surface area (Å²) in [6.07, 6.45) is 4.89. The van der Waals surface area contributed by atoms with E-state index in [9.17, 15) is 13.2 Å². The van der Waals surface area contributed by atoms with Gasteiger partial charge in [0.1, 0.15) is 5.25 Å². The molecule has 1 aromatic rings. The summed E-state index contributed by atoms with van der Waals surface area (Å²) < 4.78 is 25.0. The van der Waals surface area contributed by atoms with Gasteiger partial charge < -0.3 is 0 Å². The molecule has 2 rings (SSSR count). The average Bonchev–Trinajstić information content (AvgIpc) is 2.63. The van der Waals surface area contributed by atoms with E-state index in [4.69, 9.17) is 0 Å². The normalized spacial score (nSPS) is 24.2. The van der Waals surface area contributed by atoms with Gasteiger partial charge in [0.25, 0.3) is 0 Å². The molecular weight excluding hydrogens is 228 g/mol. The van der Waals surface area contributed by atoms with E-state index in [1.54, 1.807) is 13.2 Å². The number of sulfone groups is 1. The van der Waals surface area contributed by atoms with Gasteiger partial charge in [-0.2, -0.15) is 5.10 Å². The number of rotatable bonds is 2. The third kappa shape index (κ3) is 2.02. The zero-order valence-electron chi connectivity index (χ0n) is 9.09. The van der Waals surface area contributed by atoms with Crippen LogP contribution >= 0.6 is 0 Å². The predicted molar refractivity (Wildman–Crippen MR) is 59.0 cm³/mol. The van der Waals surface area contributed by atoms with Crippen LogP contribution in [0.2, 0.25) is 0 Å². The molecule has 1 aromatic heterocycles. The maximum atomic E-state index is 12.0. The summed E-state index contributed by atoms with van der Waals surface area (Å²) in [5, 5.41) is 3.03. The van der Waals surface area contributed by atoms with Crippen molar-refractivity contribution in [2.45, 2.75) is 24.5 Å². The molecule has 0 saturated carbocycles. The second-order valence-corrected chi connectivity index (χ2v) is 6.42. The van der Waals surface area contributed by atoms with Gasteiger partial charge in [-0.25, -0.2) is 8.42 Å². The first kappa shape index (κ1) is 11.3. The topological polar surface area (TPSA) is 69.0 Å². The summed E-state index contributed by atoms with van der Waals surface area (Å²) in [7, 11) is -1.55. The molecule has 0 radical (unpaired) electrons. The maximum Gasteiger partial charge on any atom is 0.184 e. The summed E-state index contributed by atoms with van der Waals surface area (Å²) in [5.41, 5.74) is 0.387. The highest BCUT2D eigenvalue weighted by molar-refractivity contribution is 7.92. The van der Waals surface area contributed by atoms with E-state index in [2.05, 4.69) is 5.10 Å². The predicted octanol–water partition coefficient (Wildman–Crippen LogP) is 0.570. The Labute approximate surface area is 94.4 Å². The summed E-state index contributed by atoms with van der Waals surface area (Å²) >= 11 is 0. The maximum absolute atomic E-state index is 12.0. The van der Waals surface area contributed by atoms with E-state index in [1.165, 1.54) is 10.9 Å². The van der Waals surface area contributed by atoms with Crippen LogP contribution < -0.4 is 0 Å². The number of aryl methyl sites for hydroxylation is 1. The minimum Gasteiger partial charge on any atom is -0.293 e. The Balaban J connectivity index is 2.28. The van der Waals surface area contributed by atoms with Crippen LogP contribution in [0.5, 0.6) is 0 Å². The number of Topliss-reactive ketones (excluding diaryl/α,β-unsaturated/α-hetero) is 1. The molecule has 5 nitrogen and oxygen atoms in total. The lowest BCUT2D eigenvalue weighted by Crippen LogP contribution is -2.35. The molecule has 0 N–H and O–H groups in total. The third-order valence-corrected chi connectivity index (χ3v) is 5.03. The number of hydrogen-bond acceptors (Lipinski definition) is 4. The Morgan fingerprint density at radius 2 is 2.25 bits per heavy atom. The SMILES string of the molecule is Cn1cc(C(=O)C2CCCCS2(=O)=O)cn1. The van der Waals surface area contributed by atoms with Crippen molar-refractivity contribution in [3.05, 3.63) is 18.0 Å². The van der Waals surface area contributed by atoms with Gasteiger partial charge in [-0.15, -0.1) is 0 Å². The molecule has 2 heterocycles. The summed E-state index contributed by atoms with van der Waals surface area (Å²) in [4.78, 5) is 12.0. The van der Waals surface area contributed by atoms with Crippen molar-refractivity contribution in [1.29, 1.82) is 0 Å². The number of aromatic nitrogens is 2. The lowest BCUT2D eigenvalue weighted by molar-refractivity contribution is 0.0981. The molecule has 0 aromatic carbocycles. The van der Waals surface area contributed by atoms with E-state index < -0.39 is 15.1 Å². The number of carbonyl (C=O) groups is 1. The highest BCUT2D eigenvalue weighted by atomic mass is 32.2. The summed E-state index contributed by atoms with van der Waals surface area (Å²) in [6.45, 7) is 0. The van der Waals surface area contributed by atoms with E-state index >= 15 is 0 Å². The van der Waals surface area contributed by atoms with Gasteiger partial charge in [-0.05, 0) is 12.8 Å². The minimum atomic E-state index is -3.25. The third-order valence-electron chi connectivity index (χ3n) is 2.86. The monoisotopic (exact) mass is 242 g/mol. The fourth-order valence-corrected chi connectivity index (χ4v) is 3.86. The van der Waals surface area contributed by atoms with E-state index in [0.717, 1.165) is 6.42 Å². The number of nitrogens with zero attached hydrogens (tertiary/aromatic N) is 2. The molecular formula is C10H14N2O3S. The summed E-state index contributed by atoms with van der Waals surface area (Å²) in [6, 6.07) is 0. The molecule has 16 heavy (non-hydrogen) atoms. The van der Waals surface area contributed by atoms with Gasteiger partial charge in [0, 0.05) is 13.2 Å². The molecule has 1 fully saturated rings. The quantitative estimate of drug-likeness (QED) is 0.711. The fourth-order valence-electron chi connectivity index (χ4n) is 1.98. The van der Waals surface area contributed by atoms with Gasteiger partial charge in [0.05, 0.1) is 17.5 Å². The van der Waals surface area contributed by atoms with Crippen molar-refractivity contribution in [3.8, 4) is 0 Å². The molecule has 1 saturated heterocycles. The second kappa shape index (κ2) is 4.01. The van der Waals surface area contributed by atoms with Crippen molar-refractivity contribution in [2.75, 3.05) is 5.75 Å². The first-order valence-corrected chi connectivity index (χ1v) is 6.97. The van der Waals surface area contributed by atoms with Crippen molar-refractivity contribution < 1.29 is 13.2 Å². The van der Waals surface area contributed by atoms with Crippen LogP contribution in [0.1, 0.15) is 29.6 Å². The minimum absolute atomic E-state index is 0.129. The van der Waals surface area contributed by atoms with Crippen LogP contribution in [0.3, 0.4) is 0 Å². The van der Waals surface area contributed by atoms with Crippen LogP contribution in [-0.4, -0.2) is 35.0 Å². The highest BCUT2D eigenvalue weighted by Gasteiger charge is 2.35. The average molecular weight is 242 g/mol. The molecule has 1 atom stereocenters. The van der Waals surface area contributed by atoms with Gasteiger partial charge >= 0.3 is 0 Å². The fraction of sp³-hybridized carbons (Fsp3) is 0.600. The molecule has 0 spiro atoms. The molecule has 1 unspecified atom stereocenters. The molecule has 6 heteroatoms. The van der Waals surface area contributed by atoms with Crippen molar-refractivity contribution in [2.24, 2.45) is 7.05 Å². The van der Waals surface area contributed by atoms with Crippen LogP contribution in [0, 0.1) is 0 Å². The van der Waals surface area contributed by atoms with Gasteiger partial charge in [-0.3, -0.25) is 9.48 Å². The van der Waals surface area contributed by atoms with Gasteiger partial charge in [0.2, 0.25) is 0 Å². The Bertz CT molecular complexity index is 504. The first-order valence-electron chi connectivity index (χ1n) is 5.25. The van der Waals surface area contributed by atoms with Crippen LogP contribution in [0.4, 0.5) is 0 Å². The van der Waals surface area contributed by atoms with Crippen LogP contribution in [0.15, 0.2) is 12.4 Å². The van der Waals surface area contributed by atoms with Gasteiger partial charge in [0.15, 0.2) is 15.6 Å². The summed E-state index contributed by atoms with van der Waals surface area (Å²) in [5.74, 6) is -0.184. The van der Waals surface area contributed by atoms with Crippen LogP contribution in [-0.2, 0) is 16.9 Å². The molecule has 0 bridgehead atoms. The molecule has 88 valence electrons. The Morgan fingerprint density at radius 3 is 2.81 bits per heavy atom. The molecule has 0 aliphatic carbocycles. The van der Waals surface area contributed by atoms with Crippen molar-refractivity contribution in [3.63, 3.8) is 0 Å². The molecule has 0 amide bonds. The van der Waals surface area contributed by atoms with Crippen molar-refractivity contribution >= 4 is 15.6 Å². The second-order valence-electron chi connectivity index (χ2n) is 4.12. The van der Waals surface area contributed by atoms with E-state index in [-0.39, 0.29) is 11.5 Å². The Kier molecular flexibility index (Phi) is 2.84. The number of carbonyl (C=O) groups excluding carboxylic acids is 1. The van der Waals surface area contributed by atoms with E-state index in [1.807, 2.05) is 0 Å². The molecule has 1 aliphatic rings. The first-order chi connectivity index (χ1) is 7.50. The Hall–Kier alpha value is -1.17. The number of ketones is 1. The Morgan fingerprint density at radius 1 is 1.50 bits per heavy atom.